The molecule has 7 heteroatoms. The van der Waals surface area contributed by atoms with Gasteiger partial charge in [-0.25, -0.2) is 9.37 Å². The van der Waals surface area contributed by atoms with Crippen molar-refractivity contribution in [3.05, 3.63) is 119 Å². The van der Waals surface area contributed by atoms with E-state index in [1.54, 1.807) is 31.4 Å². The Kier molecular flexibility index (Phi) is 5.91. The molecule has 2 N–H and O–H groups in total. The van der Waals surface area contributed by atoms with Crippen molar-refractivity contribution in [2.75, 3.05) is 7.05 Å². The Morgan fingerprint density at radius 1 is 0.947 bits per heavy atom. The lowest BCUT2D eigenvalue weighted by Gasteiger charge is -2.18. The Labute approximate surface area is 219 Å². The number of likely N-dealkylation sites (N-methyl/N-ethyl adjacent to an activating group) is 1. The first-order valence-corrected chi connectivity index (χ1v) is 12.6. The summed E-state index contributed by atoms with van der Waals surface area (Å²) in [5.41, 5.74) is 4.25. The van der Waals surface area contributed by atoms with Crippen molar-refractivity contribution in [1.82, 2.24) is 15.6 Å². The van der Waals surface area contributed by atoms with Gasteiger partial charge in [0.05, 0.1) is 5.54 Å². The fourth-order valence-corrected chi connectivity index (χ4v) is 5.14. The molecule has 1 aliphatic carbocycles. The third-order valence-electron chi connectivity index (χ3n) is 7.37. The van der Waals surface area contributed by atoms with Crippen LogP contribution in [0.5, 0.6) is 5.88 Å². The molecule has 2 aliphatic rings. The topological polar surface area (TPSA) is 80.3 Å². The van der Waals surface area contributed by atoms with Gasteiger partial charge in [-0.05, 0) is 59.9 Å². The molecular formula is C31H26FN3O3. The quantitative estimate of drug-likeness (QED) is 0.373. The van der Waals surface area contributed by atoms with Gasteiger partial charge >= 0.3 is 0 Å². The second-order valence-electron chi connectivity index (χ2n) is 9.78. The Morgan fingerprint density at radius 2 is 1.71 bits per heavy atom. The third-order valence-corrected chi connectivity index (χ3v) is 7.37. The number of amides is 2. The van der Waals surface area contributed by atoms with Crippen LogP contribution < -0.4 is 15.4 Å². The zero-order valence-corrected chi connectivity index (χ0v) is 20.8. The fourth-order valence-electron chi connectivity index (χ4n) is 5.14. The highest BCUT2D eigenvalue weighted by molar-refractivity contribution is 5.96. The Morgan fingerprint density at radius 3 is 2.42 bits per heavy atom. The van der Waals surface area contributed by atoms with E-state index in [4.69, 9.17) is 4.74 Å². The molecule has 2 unspecified atom stereocenters. The molecule has 0 bridgehead atoms. The van der Waals surface area contributed by atoms with E-state index < -0.39 is 12.0 Å². The van der Waals surface area contributed by atoms with Crippen LogP contribution in [-0.4, -0.2) is 23.8 Å². The largest absolute Gasteiger partial charge is 0.468 e. The number of nitrogens with zero attached hydrogens (tertiary/aromatic N) is 1. The number of benzene rings is 3. The van der Waals surface area contributed by atoms with E-state index >= 15 is 0 Å². The smallest absolute Gasteiger partial charge is 0.251 e. The predicted octanol–water partition coefficient (Wildman–Crippen LogP) is 5.27. The molecule has 1 fully saturated rings. The van der Waals surface area contributed by atoms with Crippen molar-refractivity contribution in [1.29, 1.82) is 0 Å². The summed E-state index contributed by atoms with van der Waals surface area (Å²) in [6, 6.07) is 25.2. The SMILES string of the molecule is CNC(=O)C1c2cc(-c3cccc(C(=O)NC4(c5ccccc5)CC4)c3)cnc2OC1c1ccc(F)cc1. The summed E-state index contributed by atoms with van der Waals surface area (Å²) in [6.45, 7) is 0. The van der Waals surface area contributed by atoms with Crippen molar-refractivity contribution < 1.29 is 18.7 Å². The molecule has 3 aromatic carbocycles. The van der Waals surface area contributed by atoms with Crippen LogP contribution in [0.3, 0.4) is 0 Å². The lowest BCUT2D eigenvalue weighted by molar-refractivity contribution is -0.123. The maximum absolute atomic E-state index is 13.5. The van der Waals surface area contributed by atoms with Crippen molar-refractivity contribution in [2.45, 2.75) is 30.4 Å². The Balaban J connectivity index is 1.29. The number of carbonyl (C=O) groups is 2. The molecule has 0 saturated heterocycles. The minimum absolute atomic E-state index is 0.134. The number of fused-ring (bicyclic) bond motifs is 1. The van der Waals surface area contributed by atoms with Gasteiger partial charge in [0.25, 0.3) is 5.91 Å². The predicted molar refractivity (Wildman–Crippen MR) is 141 cm³/mol. The first-order chi connectivity index (χ1) is 18.5. The summed E-state index contributed by atoms with van der Waals surface area (Å²) in [4.78, 5) is 30.7. The molecule has 0 spiro atoms. The summed E-state index contributed by atoms with van der Waals surface area (Å²) < 4.78 is 19.6. The van der Waals surface area contributed by atoms with E-state index in [-0.39, 0.29) is 23.2 Å². The van der Waals surface area contributed by atoms with Crippen molar-refractivity contribution >= 4 is 11.8 Å². The average molecular weight is 508 g/mol. The van der Waals surface area contributed by atoms with Crippen LogP contribution in [-0.2, 0) is 10.3 Å². The zero-order valence-electron chi connectivity index (χ0n) is 20.8. The molecule has 38 heavy (non-hydrogen) atoms. The standard InChI is InChI=1S/C31H26FN3O3/c1-33-29(37)26-25-17-22(18-34-30(25)38-27(26)19-10-12-24(32)13-11-19)20-6-5-7-21(16-20)28(36)35-31(14-15-31)23-8-3-2-4-9-23/h2-13,16-18,26-27H,14-15H2,1H3,(H,33,37)(H,35,36). The van der Waals surface area contributed by atoms with E-state index in [9.17, 15) is 14.0 Å². The van der Waals surface area contributed by atoms with Crippen molar-refractivity contribution in [3.63, 3.8) is 0 Å². The summed E-state index contributed by atoms with van der Waals surface area (Å²) >= 11 is 0. The van der Waals surface area contributed by atoms with Crippen LogP contribution in [0.2, 0.25) is 0 Å². The third kappa shape index (κ3) is 4.30. The molecule has 0 radical (unpaired) electrons. The Hall–Kier alpha value is -4.52. The molecule has 2 amide bonds. The minimum Gasteiger partial charge on any atom is -0.468 e. The van der Waals surface area contributed by atoms with Gasteiger partial charge in [-0.2, -0.15) is 0 Å². The second-order valence-corrected chi connectivity index (χ2v) is 9.78. The van der Waals surface area contributed by atoms with Gasteiger partial charge in [-0.15, -0.1) is 0 Å². The number of halogens is 1. The van der Waals surface area contributed by atoms with Gasteiger partial charge in [-0.3, -0.25) is 9.59 Å². The molecule has 4 aromatic rings. The van der Waals surface area contributed by atoms with Crippen LogP contribution in [0, 0.1) is 5.82 Å². The van der Waals surface area contributed by atoms with Crippen LogP contribution in [0.15, 0.2) is 91.1 Å². The number of carbonyl (C=O) groups excluding carboxylic acids is 2. The van der Waals surface area contributed by atoms with Gasteiger partial charge < -0.3 is 15.4 Å². The highest BCUT2D eigenvalue weighted by atomic mass is 19.1. The molecule has 6 nitrogen and oxygen atoms in total. The number of hydrogen-bond donors (Lipinski definition) is 2. The molecule has 2 atom stereocenters. The van der Waals surface area contributed by atoms with Crippen LogP contribution in [0.1, 0.15) is 51.9 Å². The summed E-state index contributed by atoms with van der Waals surface area (Å²) in [6.07, 6.45) is 2.87. The molecule has 1 aliphatic heterocycles. The van der Waals surface area contributed by atoms with Crippen LogP contribution >= 0.6 is 0 Å². The average Bonchev–Trinajstić information content (AvgIpc) is 3.64. The monoisotopic (exact) mass is 507 g/mol. The number of pyridine rings is 1. The van der Waals surface area contributed by atoms with Crippen molar-refractivity contribution in [3.8, 4) is 17.0 Å². The van der Waals surface area contributed by atoms with E-state index in [1.807, 2.05) is 54.6 Å². The first kappa shape index (κ1) is 23.9. The van der Waals surface area contributed by atoms with E-state index in [0.717, 1.165) is 29.5 Å². The number of ether oxygens (including phenoxy) is 1. The number of nitrogens with one attached hydrogen (secondary N) is 2. The Bertz CT molecular complexity index is 1520. The number of rotatable bonds is 6. The molecule has 190 valence electrons. The molecular weight excluding hydrogens is 481 g/mol. The van der Waals surface area contributed by atoms with Crippen LogP contribution in [0.4, 0.5) is 4.39 Å². The van der Waals surface area contributed by atoms with Gasteiger partial charge in [-0.1, -0.05) is 54.6 Å². The number of aromatic nitrogens is 1. The van der Waals surface area contributed by atoms with Gasteiger partial charge in [0.2, 0.25) is 11.8 Å². The molecule has 1 saturated carbocycles. The van der Waals surface area contributed by atoms with Gasteiger partial charge in [0.15, 0.2) is 0 Å². The van der Waals surface area contributed by atoms with E-state index in [2.05, 4.69) is 15.6 Å². The van der Waals surface area contributed by atoms with E-state index in [1.165, 1.54) is 12.1 Å². The summed E-state index contributed by atoms with van der Waals surface area (Å²) in [7, 11) is 1.57. The summed E-state index contributed by atoms with van der Waals surface area (Å²) in [5.74, 6) is -1.00. The van der Waals surface area contributed by atoms with E-state index in [0.29, 0.717) is 22.6 Å². The molecule has 6 rings (SSSR count). The summed E-state index contributed by atoms with van der Waals surface area (Å²) in [5, 5.41) is 5.93. The molecule has 1 aromatic heterocycles. The number of hydrogen-bond acceptors (Lipinski definition) is 4. The fraction of sp³-hybridized carbons (Fsp3) is 0.194. The lowest BCUT2D eigenvalue weighted by Crippen LogP contribution is -2.34. The normalized spacial score (nSPS) is 18.7. The van der Waals surface area contributed by atoms with Gasteiger partial charge in [0, 0.05) is 29.9 Å². The lowest BCUT2D eigenvalue weighted by atomic mass is 9.89. The van der Waals surface area contributed by atoms with Crippen molar-refractivity contribution in [2.24, 2.45) is 0 Å². The zero-order chi connectivity index (χ0) is 26.3. The first-order valence-electron chi connectivity index (χ1n) is 12.6. The van der Waals surface area contributed by atoms with Crippen LogP contribution in [0.25, 0.3) is 11.1 Å². The maximum atomic E-state index is 13.5. The van der Waals surface area contributed by atoms with Gasteiger partial charge in [0.1, 0.15) is 17.8 Å². The highest BCUT2D eigenvalue weighted by Gasteiger charge is 2.45. The molecule has 2 heterocycles. The minimum atomic E-state index is -0.653. The second kappa shape index (κ2) is 9.41. The maximum Gasteiger partial charge on any atom is 0.251 e. The highest BCUT2D eigenvalue weighted by Crippen LogP contribution is 2.47.